The molecule has 258 valence electrons. The molecule has 0 amide bonds. The monoisotopic (exact) mass is 684 g/mol. The summed E-state index contributed by atoms with van der Waals surface area (Å²) in [6, 6.07) is 14.8. The van der Waals surface area contributed by atoms with Crippen LogP contribution in [0.3, 0.4) is 0 Å². The molecule has 6 aromatic rings. The van der Waals surface area contributed by atoms with Crippen LogP contribution in [0.1, 0.15) is 44.9 Å². The van der Waals surface area contributed by atoms with Gasteiger partial charge in [-0.2, -0.15) is 0 Å². The van der Waals surface area contributed by atoms with Gasteiger partial charge in [-0.15, -0.1) is 19.3 Å². The Balaban J connectivity index is 0.000000177. The first-order valence-corrected chi connectivity index (χ1v) is 15.5. The molecule has 3 aromatic carbocycles. The number of fused-ring (bicyclic) bond motifs is 3. The standard InChI is InChI=1S/C14H13N3O4.C14H14N2O2.C11H9N/c1-3-8-4-5-11-12(13(8)17(20)21)9(7(2)16-11)6-10(15)14(18)19;1-3-9-4-5-13-11(6-9)10(8(2)16-13)7-12(15)14(17)18;1-3-9-4-5-11-10(7-9)6-8(2)12-11/h1,4-5,10,16H,6,15H2,2H3,(H,18,19);1,4-6,12,16H,7,15H2,2H3,(H,17,18);1,4-7,12H,2H3. The topological polar surface area (TPSA) is 217 Å². The molecule has 0 spiro atoms. The van der Waals surface area contributed by atoms with Crippen molar-refractivity contribution in [1.82, 2.24) is 15.0 Å². The third kappa shape index (κ3) is 8.27. The molecule has 0 aliphatic rings. The minimum Gasteiger partial charge on any atom is -0.480 e. The second-order valence-electron chi connectivity index (χ2n) is 11.8. The summed E-state index contributed by atoms with van der Waals surface area (Å²) < 4.78 is 0. The van der Waals surface area contributed by atoms with Crippen molar-refractivity contribution >= 4 is 50.3 Å². The first-order valence-electron chi connectivity index (χ1n) is 15.5. The van der Waals surface area contributed by atoms with Gasteiger partial charge in [0.25, 0.3) is 5.69 Å². The number of nitrogens with zero attached hydrogens (tertiary/aromatic N) is 1. The molecule has 0 saturated heterocycles. The molecule has 12 nitrogen and oxygen atoms in total. The molecule has 9 N–H and O–H groups in total. The lowest BCUT2D eigenvalue weighted by Crippen LogP contribution is -2.32. The fourth-order valence-electron chi connectivity index (χ4n) is 5.74. The number of nitrogens with one attached hydrogen (secondary N) is 3. The van der Waals surface area contributed by atoms with Crippen molar-refractivity contribution in [3.05, 3.63) is 110 Å². The van der Waals surface area contributed by atoms with E-state index in [2.05, 4.69) is 38.8 Å². The number of terminal acetylenes is 3. The zero-order valence-electron chi connectivity index (χ0n) is 28.1. The molecule has 0 aliphatic carbocycles. The number of hydrogen-bond acceptors (Lipinski definition) is 6. The number of aryl methyl sites for hydroxylation is 3. The number of nitro groups is 1. The van der Waals surface area contributed by atoms with Crippen molar-refractivity contribution in [2.45, 2.75) is 45.7 Å². The number of carboxylic acids is 2. The van der Waals surface area contributed by atoms with Gasteiger partial charge in [0.05, 0.1) is 15.8 Å². The van der Waals surface area contributed by atoms with Gasteiger partial charge in [0, 0.05) is 62.9 Å². The third-order valence-electron chi connectivity index (χ3n) is 8.28. The van der Waals surface area contributed by atoms with Gasteiger partial charge in [0.1, 0.15) is 17.6 Å². The van der Waals surface area contributed by atoms with Crippen LogP contribution in [-0.2, 0) is 22.4 Å². The molecule has 0 saturated carbocycles. The number of nitrogens with two attached hydrogens (primary N) is 2. The van der Waals surface area contributed by atoms with Crippen molar-refractivity contribution in [2.24, 2.45) is 11.5 Å². The van der Waals surface area contributed by atoms with E-state index in [1.807, 2.05) is 50.2 Å². The van der Waals surface area contributed by atoms with E-state index in [-0.39, 0.29) is 24.1 Å². The van der Waals surface area contributed by atoms with E-state index in [1.54, 1.807) is 13.0 Å². The Morgan fingerprint density at radius 3 is 1.86 bits per heavy atom. The first-order chi connectivity index (χ1) is 24.2. The van der Waals surface area contributed by atoms with E-state index in [0.717, 1.165) is 38.8 Å². The van der Waals surface area contributed by atoms with Crippen LogP contribution in [0, 0.1) is 67.9 Å². The molecular weight excluding hydrogens is 648 g/mol. The van der Waals surface area contributed by atoms with Crippen LogP contribution in [0.25, 0.3) is 32.7 Å². The highest BCUT2D eigenvalue weighted by molar-refractivity contribution is 5.96. The number of nitro benzene ring substituents is 1. The second-order valence-corrected chi connectivity index (χ2v) is 11.8. The van der Waals surface area contributed by atoms with E-state index >= 15 is 0 Å². The summed E-state index contributed by atoms with van der Waals surface area (Å²) in [5.74, 6) is 5.29. The minimum atomic E-state index is -1.17. The predicted octanol–water partition coefficient (Wildman–Crippen LogP) is 5.19. The van der Waals surface area contributed by atoms with Gasteiger partial charge in [0.15, 0.2) is 0 Å². The number of carboxylic acid groups (broad SMARTS) is 2. The maximum Gasteiger partial charge on any atom is 0.320 e. The highest BCUT2D eigenvalue weighted by Crippen LogP contribution is 2.34. The molecule has 2 unspecified atom stereocenters. The molecular formula is C39H36N6O6. The molecule has 0 radical (unpaired) electrons. The number of rotatable bonds is 7. The van der Waals surface area contributed by atoms with Crippen molar-refractivity contribution in [3.8, 4) is 37.0 Å². The summed E-state index contributed by atoms with van der Waals surface area (Å²) in [6.07, 6.45) is 16.2. The van der Waals surface area contributed by atoms with Crippen LogP contribution < -0.4 is 11.5 Å². The Hall–Kier alpha value is -6.78. The van der Waals surface area contributed by atoms with Gasteiger partial charge >= 0.3 is 11.9 Å². The highest BCUT2D eigenvalue weighted by Gasteiger charge is 2.25. The van der Waals surface area contributed by atoms with Gasteiger partial charge in [0.2, 0.25) is 0 Å². The van der Waals surface area contributed by atoms with Gasteiger partial charge in [-0.05, 0) is 86.5 Å². The summed E-state index contributed by atoms with van der Waals surface area (Å²) in [4.78, 5) is 42.0. The van der Waals surface area contributed by atoms with Crippen LogP contribution in [0.2, 0.25) is 0 Å². The average molecular weight is 685 g/mol. The number of aliphatic carboxylic acids is 2. The molecule has 51 heavy (non-hydrogen) atoms. The largest absolute Gasteiger partial charge is 0.480 e. The molecule has 0 fully saturated rings. The van der Waals surface area contributed by atoms with E-state index < -0.39 is 28.9 Å². The van der Waals surface area contributed by atoms with E-state index in [1.165, 1.54) is 17.1 Å². The molecule has 3 heterocycles. The normalized spacial score (nSPS) is 11.6. The summed E-state index contributed by atoms with van der Waals surface area (Å²) in [7, 11) is 0. The lowest BCUT2D eigenvalue weighted by molar-refractivity contribution is -0.383. The lowest BCUT2D eigenvalue weighted by Gasteiger charge is -2.07. The summed E-state index contributed by atoms with van der Waals surface area (Å²) in [5.41, 5.74) is 19.5. The van der Waals surface area contributed by atoms with Crippen LogP contribution in [0.4, 0.5) is 5.69 Å². The van der Waals surface area contributed by atoms with Gasteiger partial charge in [-0.3, -0.25) is 19.7 Å². The second kappa shape index (κ2) is 15.6. The summed E-state index contributed by atoms with van der Waals surface area (Å²) in [5, 5.41) is 31.6. The van der Waals surface area contributed by atoms with E-state index in [0.29, 0.717) is 22.2 Å². The van der Waals surface area contributed by atoms with Crippen LogP contribution >= 0.6 is 0 Å². The Morgan fingerprint density at radius 1 is 0.765 bits per heavy atom. The summed E-state index contributed by atoms with van der Waals surface area (Å²) in [6.45, 7) is 5.65. The zero-order valence-corrected chi connectivity index (χ0v) is 28.1. The Labute approximate surface area is 293 Å². The van der Waals surface area contributed by atoms with Gasteiger partial charge in [-0.1, -0.05) is 17.8 Å². The third-order valence-corrected chi connectivity index (χ3v) is 8.28. The maximum absolute atomic E-state index is 11.3. The van der Waals surface area contributed by atoms with Crippen molar-refractivity contribution in [3.63, 3.8) is 0 Å². The van der Waals surface area contributed by atoms with Crippen molar-refractivity contribution in [2.75, 3.05) is 0 Å². The van der Waals surface area contributed by atoms with Crippen molar-refractivity contribution < 1.29 is 24.7 Å². The number of aromatic nitrogens is 3. The molecule has 12 heteroatoms. The SMILES string of the molecule is C#Cc1ccc2[nH]c(C)c(CC(N)C(=O)O)c2c1.C#Cc1ccc2[nH]c(C)c(CC(N)C(=O)O)c2c1[N+](=O)[O-].C#Cc1ccc2[nH]c(C)cc2c1. The van der Waals surface area contributed by atoms with Crippen LogP contribution in [0.5, 0.6) is 0 Å². The number of carbonyl (C=O) groups is 2. The van der Waals surface area contributed by atoms with Gasteiger partial charge in [-0.25, -0.2) is 0 Å². The highest BCUT2D eigenvalue weighted by atomic mass is 16.6. The van der Waals surface area contributed by atoms with E-state index in [9.17, 15) is 19.7 Å². The minimum absolute atomic E-state index is 0.0178. The van der Waals surface area contributed by atoms with E-state index in [4.69, 9.17) is 41.0 Å². The quantitative estimate of drug-likeness (QED) is 0.0673. The smallest absolute Gasteiger partial charge is 0.320 e. The average Bonchev–Trinajstić information content (AvgIpc) is 3.74. The zero-order chi connectivity index (χ0) is 37.6. The maximum atomic E-state index is 11.3. The number of H-pyrrole nitrogens is 3. The first kappa shape index (κ1) is 37.0. The predicted molar refractivity (Wildman–Crippen MR) is 198 cm³/mol. The van der Waals surface area contributed by atoms with Crippen LogP contribution in [0.15, 0.2) is 54.6 Å². The molecule has 0 bridgehead atoms. The Morgan fingerprint density at radius 2 is 1.29 bits per heavy atom. The van der Waals surface area contributed by atoms with Crippen LogP contribution in [-0.4, -0.2) is 54.1 Å². The number of hydrogen-bond donors (Lipinski definition) is 7. The molecule has 2 atom stereocenters. The molecule has 3 aromatic heterocycles. The number of aromatic amines is 3. The number of benzene rings is 3. The van der Waals surface area contributed by atoms with Crippen molar-refractivity contribution in [1.29, 1.82) is 0 Å². The lowest BCUT2D eigenvalue weighted by atomic mass is 10.00. The molecule has 6 rings (SSSR count). The Kier molecular flexibility index (Phi) is 11.3. The Bertz CT molecular complexity index is 2430. The fourth-order valence-corrected chi connectivity index (χ4v) is 5.74. The summed E-state index contributed by atoms with van der Waals surface area (Å²) >= 11 is 0. The van der Waals surface area contributed by atoms with Gasteiger partial charge < -0.3 is 36.6 Å². The fraction of sp³-hybridized carbons (Fsp3) is 0.179. The molecule has 0 aliphatic heterocycles.